The van der Waals surface area contributed by atoms with Crippen molar-refractivity contribution in [1.29, 1.82) is 0 Å². The summed E-state index contributed by atoms with van der Waals surface area (Å²) in [4.78, 5) is 12.6. The molecule has 1 N–H and O–H groups in total. The highest BCUT2D eigenvalue weighted by atomic mass is 16.2. The van der Waals surface area contributed by atoms with Crippen LogP contribution < -0.4 is 5.32 Å². The second-order valence-corrected chi connectivity index (χ2v) is 7.47. The van der Waals surface area contributed by atoms with Gasteiger partial charge in [-0.3, -0.25) is 14.2 Å². The highest BCUT2D eigenvalue weighted by Crippen LogP contribution is 2.21. The molecule has 136 valence electrons. The Morgan fingerprint density at radius 3 is 2.58 bits per heavy atom. The van der Waals surface area contributed by atoms with Crippen LogP contribution in [0.15, 0.2) is 48.8 Å². The molecule has 0 unspecified atom stereocenters. The molecular weight excluding hydrogens is 326 g/mol. The summed E-state index contributed by atoms with van der Waals surface area (Å²) in [6.07, 6.45) is 4.42. The van der Waals surface area contributed by atoms with Crippen molar-refractivity contribution < 1.29 is 4.79 Å². The lowest BCUT2D eigenvalue weighted by atomic mass is 9.92. The second kappa shape index (κ2) is 7.15. The first-order chi connectivity index (χ1) is 12.3. The summed E-state index contributed by atoms with van der Waals surface area (Å²) < 4.78 is 3.46. The van der Waals surface area contributed by atoms with E-state index in [4.69, 9.17) is 0 Å². The van der Waals surface area contributed by atoms with Gasteiger partial charge in [-0.15, -0.1) is 0 Å². The van der Waals surface area contributed by atoms with Crippen molar-refractivity contribution in [1.82, 2.24) is 19.6 Å². The fourth-order valence-electron chi connectivity index (χ4n) is 2.68. The molecule has 2 heterocycles. The highest BCUT2D eigenvalue weighted by Gasteiger charge is 2.21. The highest BCUT2D eigenvalue weighted by molar-refractivity contribution is 6.03. The van der Waals surface area contributed by atoms with Gasteiger partial charge >= 0.3 is 0 Å². The van der Waals surface area contributed by atoms with E-state index in [1.165, 1.54) is 5.56 Å². The van der Waals surface area contributed by atoms with Crippen LogP contribution in [0.25, 0.3) is 0 Å². The number of nitrogens with zero attached hydrogens (tertiary/aromatic N) is 4. The van der Waals surface area contributed by atoms with Crippen molar-refractivity contribution >= 4 is 11.6 Å². The van der Waals surface area contributed by atoms with Crippen molar-refractivity contribution in [2.24, 2.45) is 7.05 Å². The van der Waals surface area contributed by atoms with Crippen LogP contribution >= 0.6 is 0 Å². The Bertz CT molecular complexity index is 887. The van der Waals surface area contributed by atoms with E-state index in [2.05, 4.69) is 48.4 Å². The Labute approximate surface area is 153 Å². The Balaban J connectivity index is 1.64. The molecule has 0 aliphatic carbocycles. The molecule has 0 bridgehead atoms. The molecule has 0 fully saturated rings. The maximum Gasteiger partial charge on any atom is 0.274 e. The molecule has 1 aromatic carbocycles. The van der Waals surface area contributed by atoms with Crippen LogP contribution in [0.1, 0.15) is 42.5 Å². The second-order valence-electron chi connectivity index (χ2n) is 7.47. The minimum Gasteiger partial charge on any atom is -0.318 e. The predicted molar refractivity (Wildman–Crippen MR) is 102 cm³/mol. The third-order valence-corrected chi connectivity index (χ3v) is 4.24. The van der Waals surface area contributed by atoms with Crippen molar-refractivity contribution in [3.05, 3.63) is 65.7 Å². The van der Waals surface area contributed by atoms with Gasteiger partial charge in [0.2, 0.25) is 0 Å². The molecule has 0 aliphatic rings. The van der Waals surface area contributed by atoms with Crippen LogP contribution in [0.5, 0.6) is 0 Å². The van der Waals surface area contributed by atoms with Crippen LogP contribution in [0.4, 0.5) is 5.69 Å². The number of carbonyl (C=O) groups is 1. The summed E-state index contributed by atoms with van der Waals surface area (Å²) in [7, 11) is 1.79. The summed E-state index contributed by atoms with van der Waals surface area (Å²) in [6, 6.07) is 12.1. The molecule has 0 atom stereocenters. The zero-order valence-electron chi connectivity index (χ0n) is 15.7. The van der Waals surface area contributed by atoms with Gasteiger partial charge < -0.3 is 5.32 Å². The molecule has 3 aromatic rings. The van der Waals surface area contributed by atoms with Gasteiger partial charge in [0.15, 0.2) is 0 Å². The van der Waals surface area contributed by atoms with E-state index in [9.17, 15) is 4.79 Å². The van der Waals surface area contributed by atoms with Gasteiger partial charge in [-0.2, -0.15) is 10.2 Å². The van der Waals surface area contributed by atoms with Crippen molar-refractivity contribution in [2.75, 3.05) is 5.32 Å². The number of carbonyl (C=O) groups excluding carboxylic acids is 1. The van der Waals surface area contributed by atoms with Crippen molar-refractivity contribution in [3.63, 3.8) is 0 Å². The first-order valence-electron chi connectivity index (χ1n) is 8.75. The molecule has 0 saturated carbocycles. The standard InChI is InChI=1S/C20H25N5O/c1-20(2,3)18-12-17(24(4)23-18)19(26)22-16-13-21-25(14-16)11-10-15-8-6-5-7-9-15/h5-9,12-14H,10-11H2,1-4H3,(H,22,26). The lowest BCUT2D eigenvalue weighted by Gasteiger charge is -2.13. The summed E-state index contributed by atoms with van der Waals surface area (Å²) in [6.45, 7) is 7.00. The van der Waals surface area contributed by atoms with Gasteiger partial charge in [0, 0.05) is 25.2 Å². The third-order valence-electron chi connectivity index (χ3n) is 4.24. The van der Waals surface area contributed by atoms with Crippen molar-refractivity contribution in [3.8, 4) is 0 Å². The van der Waals surface area contributed by atoms with Crippen LogP contribution in [0.2, 0.25) is 0 Å². The third kappa shape index (κ3) is 4.20. The normalized spacial score (nSPS) is 11.5. The molecule has 2 aromatic heterocycles. The van der Waals surface area contributed by atoms with E-state index >= 15 is 0 Å². The number of rotatable bonds is 5. The monoisotopic (exact) mass is 351 g/mol. The zero-order chi connectivity index (χ0) is 18.7. The maximum atomic E-state index is 12.6. The first-order valence-corrected chi connectivity index (χ1v) is 8.75. The Kier molecular flexibility index (Phi) is 4.93. The predicted octanol–water partition coefficient (Wildman–Crippen LogP) is 3.41. The molecule has 0 saturated heterocycles. The molecule has 1 amide bonds. The molecule has 0 aliphatic heterocycles. The van der Waals surface area contributed by atoms with E-state index in [0.717, 1.165) is 18.7 Å². The van der Waals surface area contributed by atoms with E-state index in [1.54, 1.807) is 17.9 Å². The minimum absolute atomic E-state index is 0.0986. The topological polar surface area (TPSA) is 64.7 Å². The summed E-state index contributed by atoms with van der Waals surface area (Å²) in [5, 5.41) is 11.7. The summed E-state index contributed by atoms with van der Waals surface area (Å²) >= 11 is 0. The summed E-state index contributed by atoms with van der Waals surface area (Å²) in [5.74, 6) is -0.182. The maximum absolute atomic E-state index is 12.6. The Morgan fingerprint density at radius 2 is 1.92 bits per heavy atom. The summed E-state index contributed by atoms with van der Waals surface area (Å²) in [5.41, 5.74) is 3.27. The fraction of sp³-hybridized carbons (Fsp3) is 0.350. The fourth-order valence-corrected chi connectivity index (χ4v) is 2.68. The number of aromatic nitrogens is 4. The van der Waals surface area contributed by atoms with Gasteiger partial charge in [0.05, 0.1) is 17.6 Å². The van der Waals surface area contributed by atoms with Gasteiger partial charge in [-0.25, -0.2) is 0 Å². The largest absolute Gasteiger partial charge is 0.318 e. The molecule has 6 nitrogen and oxygen atoms in total. The van der Waals surface area contributed by atoms with E-state index in [-0.39, 0.29) is 11.3 Å². The average molecular weight is 351 g/mol. The van der Waals surface area contributed by atoms with E-state index in [0.29, 0.717) is 11.4 Å². The van der Waals surface area contributed by atoms with E-state index in [1.807, 2.05) is 35.1 Å². The molecule has 26 heavy (non-hydrogen) atoms. The Hall–Kier alpha value is -2.89. The van der Waals surface area contributed by atoms with Crippen molar-refractivity contribution in [2.45, 2.75) is 39.2 Å². The number of benzene rings is 1. The van der Waals surface area contributed by atoms with Crippen LogP contribution in [0.3, 0.4) is 0 Å². The smallest absolute Gasteiger partial charge is 0.274 e. The molecule has 6 heteroatoms. The van der Waals surface area contributed by atoms with Crippen LogP contribution in [-0.4, -0.2) is 25.5 Å². The average Bonchev–Trinajstić information content (AvgIpc) is 3.20. The van der Waals surface area contributed by atoms with Gasteiger partial charge in [0.25, 0.3) is 5.91 Å². The van der Waals surface area contributed by atoms with Gasteiger partial charge in [0.1, 0.15) is 5.69 Å². The number of hydrogen-bond donors (Lipinski definition) is 1. The molecular formula is C20H25N5O. The lowest BCUT2D eigenvalue weighted by Crippen LogP contribution is -2.15. The van der Waals surface area contributed by atoms with Crippen LogP contribution in [0, 0.1) is 0 Å². The van der Waals surface area contributed by atoms with Gasteiger partial charge in [-0.1, -0.05) is 51.1 Å². The van der Waals surface area contributed by atoms with E-state index < -0.39 is 0 Å². The number of aryl methyl sites for hydroxylation is 3. The first kappa shape index (κ1) is 17.9. The minimum atomic E-state index is -0.182. The zero-order valence-corrected chi connectivity index (χ0v) is 15.7. The van der Waals surface area contributed by atoms with Gasteiger partial charge in [-0.05, 0) is 18.1 Å². The molecule has 0 radical (unpaired) electrons. The molecule has 0 spiro atoms. The van der Waals surface area contributed by atoms with Crippen LogP contribution in [-0.2, 0) is 25.4 Å². The number of nitrogens with one attached hydrogen (secondary N) is 1. The number of amides is 1. The lowest BCUT2D eigenvalue weighted by molar-refractivity contribution is 0.101. The number of hydrogen-bond acceptors (Lipinski definition) is 3. The molecule has 3 rings (SSSR count). The quantitative estimate of drug-likeness (QED) is 0.766. The SMILES string of the molecule is Cn1nc(C(C)(C)C)cc1C(=O)Nc1cnn(CCc2ccccc2)c1. The number of anilines is 1. The Morgan fingerprint density at radius 1 is 1.19 bits per heavy atom.